The van der Waals surface area contributed by atoms with Crippen molar-refractivity contribution in [2.24, 2.45) is 7.05 Å². The van der Waals surface area contributed by atoms with Gasteiger partial charge in [-0.15, -0.1) is 15.3 Å². The van der Waals surface area contributed by atoms with Gasteiger partial charge in [0.1, 0.15) is 11.5 Å². The summed E-state index contributed by atoms with van der Waals surface area (Å²) >= 11 is 0. The number of hydrogen-bond acceptors (Lipinski definition) is 5. The second-order valence-electron chi connectivity index (χ2n) is 5.38. The van der Waals surface area contributed by atoms with Crippen LogP contribution in [0.5, 0.6) is 0 Å². The van der Waals surface area contributed by atoms with E-state index in [1.54, 1.807) is 6.20 Å². The maximum atomic E-state index is 4.28. The zero-order valence-corrected chi connectivity index (χ0v) is 12.7. The van der Waals surface area contributed by atoms with E-state index in [9.17, 15) is 0 Å². The predicted molar refractivity (Wildman–Crippen MR) is 83.5 cm³/mol. The van der Waals surface area contributed by atoms with Crippen LogP contribution in [0.3, 0.4) is 0 Å². The van der Waals surface area contributed by atoms with Gasteiger partial charge >= 0.3 is 0 Å². The summed E-state index contributed by atoms with van der Waals surface area (Å²) in [5.74, 6) is 1.78. The van der Waals surface area contributed by atoms with Crippen LogP contribution in [0.15, 0.2) is 43.0 Å². The van der Waals surface area contributed by atoms with E-state index >= 15 is 0 Å². The number of aromatic nitrogens is 8. The lowest BCUT2D eigenvalue weighted by molar-refractivity contribution is 0.551. The third-order valence-corrected chi connectivity index (χ3v) is 3.76. The summed E-state index contributed by atoms with van der Waals surface area (Å²) in [5.41, 5.74) is 1.66. The summed E-state index contributed by atoms with van der Waals surface area (Å²) in [7, 11) is 1.94. The van der Waals surface area contributed by atoms with Crippen molar-refractivity contribution in [2.75, 3.05) is 0 Å². The van der Waals surface area contributed by atoms with Gasteiger partial charge in [0, 0.05) is 38.6 Å². The topological polar surface area (TPSA) is 78.7 Å². The summed E-state index contributed by atoms with van der Waals surface area (Å²) in [6, 6.07) is 5.89. The minimum atomic E-state index is 0.777. The van der Waals surface area contributed by atoms with Crippen LogP contribution in [0.2, 0.25) is 0 Å². The molecule has 0 spiro atoms. The van der Waals surface area contributed by atoms with Crippen LogP contribution >= 0.6 is 0 Å². The molecule has 116 valence electrons. The summed E-state index contributed by atoms with van der Waals surface area (Å²) in [6.07, 6.45) is 9.31. The molecule has 4 heterocycles. The zero-order chi connectivity index (χ0) is 15.6. The van der Waals surface area contributed by atoms with Crippen LogP contribution in [-0.4, -0.2) is 39.1 Å². The molecule has 8 heteroatoms. The van der Waals surface area contributed by atoms with Crippen molar-refractivity contribution in [1.82, 2.24) is 39.1 Å². The Morgan fingerprint density at radius 2 is 2.04 bits per heavy atom. The van der Waals surface area contributed by atoms with Gasteiger partial charge in [0.25, 0.3) is 0 Å². The Hall–Kier alpha value is -3.03. The molecule has 0 bridgehead atoms. The summed E-state index contributed by atoms with van der Waals surface area (Å²) in [5, 5.41) is 16.7. The van der Waals surface area contributed by atoms with Crippen LogP contribution in [0.25, 0.3) is 17.2 Å². The van der Waals surface area contributed by atoms with E-state index in [1.807, 2.05) is 57.5 Å². The molecule has 0 aliphatic rings. The van der Waals surface area contributed by atoms with Crippen LogP contribution in [-0.2, 0) is 20.0 Å². The van der Waals surface area contributed by atoms with Crippen LogP contribution in [0, 0.1) is 0 Å². The van der Waals surface area contributed by atoms with Gasteiger partial charge in [-0.3, -0.25) is 9.08 Å². The second kappa shape index (κ2) is 5.64. The van der Waals surface area contributed by atoms with Crippen molar-refractivity contribution in [1.29, 1.82) is 0 Å². The first kappa shape index (κ1) is 13.6. The molecular weight excluding hydrogens is 292 g/mol. The van der Waals surface area contributed by atoms with Crippen LogP contribution in [0.1, 0.15) is 12.2 Å². The first-order valence-electron chi connectivity index (χ1n) is 7.48. The van der Waals surface area contributed by atoms with E-state index in [4.69, 9.17) is 0 Å². The van der Waals surface area contributed by atoms with Crippen LogP contribution in [0.4, 0.5) is 0 Å². The number of aryl methyl sites for hydroxylation is 3. The smallest absolute Gasteiger partial charge is 0.161 e. The first-order chi connectivity index (χ1) is 11.3. The number of nitrogens with zero attached hydrogens (tertiary/aromatic N) is 8. The minimum Gasteiger partial charge on any atom is -0.333 e. The molecule has 0 aromatic carbocycles. The third-order valence-electron chi connectivity index (χ3n) is 3.76. The molecule has 4 aromatic heterocycles. The molecule has 23 heavy (non-hydrogen) atoms. The number of rotatable bonds is 5. The van der Waals surface area contributed by atoms with Crippen molar-refractivity contribution < 1.29 is 0 Å². The van der Waals surface area contributed by atoms with E-state index in [0.717, 1.165) is 42.4 Å². The highest BCUT2D eigenvalue weighted by Gasteiger charge is 2.09. The van der Waals surface area contributed by atoms with Crippen molar-refractivity contribution in [2.45, 2.75) is 19.4 Å². The zero-order valence-electron chi connectivity index (χ0n) is 12.7. The Kier molecular flexibility index (Phi) is 3.34. The lowest BCUT2D eigenvalue weighted by Crippen LogP contribution is -2.02. The molecule has 0 amide bonds. The standard InChI is InChI=1S/C15H16N8/c1-21-10-7-16-15(21)12-11-22(20-17-12)8-4-6-14-19-18-13-5-2-3-9-23(13)14/h2-3,5,7,9-11H,4,6,8H2,1H3. The lowest BCUT2D eigenvalue weighted by atomic mass is 10.3. The van der Waals surface area contributed by atoms with Crippen molar-refractivity contribution in [3.8, 4) is 11.5 Å². The molecule has 0 unspecified atom stereocenters. The third kappa shape index (κ3) is 2.59. The van der Waals surface area contributed by atoms with Gasteiger partial charge < -0.3 is 4.57 Å². The van der Waals surface area contributed by atoms with Gasteiger partial charge in [-0.1, -0.05) is 11.3 Å². The number of imidazole rings is 1. The number of pyridine rings is 1. The maximum Gasteiger partial charge on any atom is 0.161 e. The summed E-state index contributed by atoms with van der Waals surface area (Å²) in [6.45, 7) is 0.777. The molecule has 4 aromatic rings. The predicted octanol–water partition coefficient (Wildman–Crippen LogP) is 1.35. The van der Waals surface area contributed by atoms with Gasteiger partial charge in [0.15, 0.2) is 11.5 Å². The van der Waals surface area contributed by atoms with E-state index in [-0.39, 0.29) is 0 Å². The molecule has 0 atom stereocenters. The molecule has 8 nitrogen and oxygen atoms in total. The summed E-state index contributed by atoms with van der Waals surface area (Å²) < 4.78 is 5.78. The average molecular weight is 308 g/mol. The second-order valence-corrected chi connectivity index (χ2v) is 5.38. The monoisotopic (exact) mass is 308 g/mol. The van der Waals surface area contributed by atoms with E-state index in [0.29, 0.717) is 0 Å². The molecule has 0 radical (unpaired) electrons. The Bertz CT molecular complexity index is 932. The highest BCUT2D eigenvalue weighted by molar-refractivity contribution is 5.47. The van der Waals surface area contributed by atoms with Gasteiger partial charge in [-0.05, 0) is 18.6 Å². The van der Waals surface area contributed by atoms with Crippen molar-refractivity contribution in [3.05, 3.63) is 48.8 Å². The highest BCUT2D eigenvalue weighted by atomic mass is 15.4. The average Bonchev–Trinajstić information content (AvgIpc) is 3.27. The Labute approximate surface area is 132 Å². The fraction of sp³-hybridized carbons (Fsp3) is 0.267. The van der Waals surface area contributed by atoms with Gasteiger partial charge in [-0.2, -0.15) is 0 Å². The minimum absolute atomic E-state index is 0.777. The fourth-order valence-corrected chi connectivity index (χ4v) is 2.58. The van der Waals surface area contributed by atoms with Crippen molar-refractivity contribution in [3.63, 3.8) is 0 Å². The Balaban J connectivity index is 1.42. The van der Waals surface area contributed by atoms with E-state index < -0.39 is 0 Å². The SMILES string of the molecule is Cn1ccnc1-c1cn(CCCc2nnc3ccccn23)nn1. The van der Waals surface area contributed by atoms with Gasteiger partial charge in [0.05, 0.1) is 6.20 Å². The fourth-order valence-electron chi connectivity index (χ4n) is 2.58. The number of fused-ring (bicyclic) bond motifs is 1. The van der Waals surface area contributed by atoms with Gasteiger partial charge in [0.2, 0.25) is 0 Å². The molecule has 0 saturated carbocycles. The lowest BCUT2D eigenvalue weighted by Gasteiger charge is -2.00. The highest BCUT2D eigenvalue weighted by Crippen LogP contribution is 2.12. The quantitative estimate of drug-likeness (QED) is 0.556. The van der Waals surface area contributed by atoms with Crippen LogP contribution < -0.4 is 0 Å². The molecular formula is C15H16N8. The number of hydrogen-bond donors (Lipinski definition) is 0. The molecule has 0 saturated heterocycles. The van der Waals surface area contributed by atoms with E-state index in [1.165, 1.54) is 0 Å². The Morgan fingerprint density at radius 1 is 1.09 bits per heavy atom. The molecule has 0 N–H and O–H groups in total. The molecule has 0 fully saturated rings. The molecule has 0 aliphatic heterocycles. The van der Waals surface area contributed by atoms with Crippen molar-refractivity contribution >= 4 is 5.65 Å². The largest absolute Gasteiger partial charge is 0.333 e. The summed E-state index contributed by atoms with van der Waals surface area (Å²) in [4.78, 5) is 4.28. The Morgan fingerprint density at radius 3 is 2.91 bits per heavy atom. The normalized spacial score (nSPS) is 11.3. The first-order valence-corrected chi connectivity index (χ1v) is 7.48. The van der Waals surface area contributed by atoms with Gasteiger partial charge in [-0.25, -0.2) is 4.98 Å². The van der Waals surface area contributed by atoms with E-state index in [2.05, 4.69) is 25.5 Å². The molecule has 0 aliphatic carbocycles. The molecule has 4 rings (SSSR count). The maximum absolute atomic E-state index is 4.28.